The Labute approximate surface area is 126 Å². The lowest BCUT2D eigenvalue weighted by atomic mass is 9.72. The lowest BCUT2D eigenvalue weighted by Crippen LogP contribution is -2.42. The van der Waals surface area contributed by atoms with E-state index in [2.05, 4.69) is 4.90 Å². The Kier molecular flexibility index (Phi) is 4.45. The number of likely N-dealkylation sites (tertiary alicyclic amines) is 1. The maximum Gasteiger partial charge on any atom is 0.165 e. The van der Waals surface area contributed by atoms with Gasteiger partial charge in [0.2, 0.25) is 0 Å². The lowest BCUT2D eigenvalue weighted by molar-refractivity contribution is -0.0218. The first kappa shape index (κ1) is 14.8. The average molecular weight is 293 g/mol. The molecule has 0 bridgehead atoms. The number of nitrogens with zero attached hydrogens (tertiary/aromatic N) is 1. The molecule has 0 radical (unpaired) electrons. The van der Waals surface area contributed by atoms with Crippen LogP contribution in [0.3, 0.4) is 0 Å². The van der Waals surface area contributed by atoms with Crippen LogP contribution in [-0.2, 0) is 11.3 Å². The van der Waals surface area contributed by atoms with Crippen LogP contribution in [0.15, 0.2) is 18.2 Å². The lowest BCUT2D eigenvalue weighted by Gasteiger charge is -2.44. The van der Waals surface area contributed by atoms with Crippen molar-refractivity contribution in [2.75, 3.05) is 33.4 Å². The second-order valence-electron chi connectivity index (χ2n) is 6.32. The summed E-state index contributed by atoms with van der Waals surface area (Å²) < 4.78 is 24.4. The van der Waals surface area contributed by atoms with Crippen LogP contribution in [0.4, 0.5) is 4.39 Å². The van der Waals surface area contributed by atoms with E-state index in [0.717, 1.165) is 38.4 Å². The largest absolute Gasteiger partial charge is 0.493 e. The first-order chi connectivity index (χ1) is 10.2. The van der Waals surface area contributed by atoms with Crippen molar-refractivity contribution in [3.05, 3.63) is 29.6 Å². The van der Waals surface area contributed by atoms with Crippen molar-refractivity contribution < 1.29 is 13.9 Å². The van der Waals surface area contributed by atoms with Crippen molar-refractivity contribution in [2.24, 2.45) is 5.41 Å². The molecule has 0 atom stereocenters. The number of hydrogen-bond donors (Lipinski definition) is 0. The molecule has 1 spiro atoms. The van der Waals surface area contributed by atoms with Crippen LogP contribution in [0.25, 0.3) is 0 Å². The molecule has 2 aliphatic rings. The molecular weight excluding hydrogens is 269 g/mol. The van der Waals surface area contributed by atoms with Gasteiger partial charge in [-0.1, -0.05) is 12.1 Å². The number of para-hydroxylation sites is 1. The number of piperidine rings is 1. The molecule has 3 nitrogen and oxygen atoms in total. The Balaban J connectivity index is 1.62. The van der Waals surface area contributed by atoms with Gasteiger partial charge in [0.05, 0.1) is 7.11 Å². The molecule has 0 aliphatic carbocycles. The van der Waals surface area contributed by atoms with Crippen molar-refractivity contribution >= 4 is 0 Å². The first-order valence-corrected chi connectivity index (χ1v) is 7.84. The number of benzene rings is 1. The second kappa shape index (κ2) is 6.32. The van der Waals surface area contributed by atoms with Crippen molar-refractivity contribution in [3.63, 3.8) is 0 Å². The summed E-state index contributed by atoms with van der Waals surface area (Å²) in [5.74, 6) is 0.122. The minimum absolute atomic E-state index is 0.270. The van der Waals surface area contributed by atoms with E-state index in [1.807, 2.05) is 6.07 Å². The Morgan fingerprint density at radius 1 is 1.19 bits per heavy atom. The van der Waals surface area contributed by atoms with Crippen molar-refractivity contribution in [2.45, 2.75) is 32.2 Å². The van der Waals surface area contributed by atoms with Gasteiger partial charge >= 0.3 is 0 Å². The molecular formula is C17H24FNO2. The van der Waals surface area contributed by atoms with Crippen molar-refractivity contribution in [1.82, 2.24) is 4.90 Å². The summed E-state index contributed by atoms with van der Waals surface area (Å²) in [5.41, 5.74) is 1.45. The summed E-state index contributed by atoms with van der Waals surface area (Å²) in [6.07, 6.45) is 4.86. The molecule has 0 amide bonds. The van der Waals surface area contributed by atoms with Gasteiger partial charge in [0, 0.05) is 25.3 Å². The highest BCUT2D eigenvalue weighted by Gasteiger charge is 2.36. The summed E-state index contributed by atoms with van der Waals surface area (Å²) in [7, 11) is 1.54. The van der Waals surface area contributed by atoms with E-state index in [-0.39, 0.29) is 5.82 Å². The van der Waals surface area contributed by atoms with Crippen LogP contribution in [0, 0.1) is 11.2 Å². The summed E-state index contributed by atoms with van der Waals surface area (Å²) in [6, 6.07) is 5.17. The molecule has 21 heavy (non-hydrogen) atoms. The van der Waals surface area contributed by atoms with Crippen LogP contribution < -0.4 is 4.74 Å². The third-order valence-electron chi connectivity index (χ3n) is 5.12. The average Bonchev–Trinajstić information content (AvgIpc) is 2.51. The van der Waals surface area contributed by atoms with Crippen molar-refractivity contribution in [3.8, 4) is 5.75 Å². The number of hydrogen-bond acceptors (Lipinski definition) is 3. The molecule has 2 aliphatic heterocycles. The summed E-state index contributed by atoms with van der Waals surface area (Å²) in [5, 5.41) is 0. The van der Waals surface area contributed by atoms with Crippen LogP contribution in [0.1, 0.15) is 31.2 Å². The molecule has 2 saturated heterocycles. The zero-order chi connectivity index (χ0) is 14.7. The predicted octanol–water partition coefficient (Wildman–Crippen LogP) is 3.23. The predicted molar refractivity (Wildman–Crippen MR) is 79.9 cm³/mol. The molecule has 116 valence electrons. The zero-order valence-electron chi connectivity index (χ0n) is 12.7. The fourth-order valence-corrected chi connectivity index (χ4v) is 3.64. The number of rotatable bonds is 3. The number of ether oxygens (including phenoxy) is 2. The highest BCUT2D eigenvalue weighted by atomic mass is 19.1. The van der Waals surface area contributed by atoms with Crippen LogP contribution >= 0.6 is 0 Å². The molecule has 0 saturated carbocycles. The highest BCUT2D eigenvalue weighted by molar-refractivity contribution is 5.34. The Morgan fingerprint density at radius 3 is 2.57 bits per heavy atom. The van der Waals surface area contributed by atoms with E-state index in [1.54, 1.807) is 6.07 Å². The maximum atomic E-state index is 13.7. The smallest absolute Gasteiger partial charge is 0.165 e. The first-order valence-electron chi connectivity index (χ1n) is 7.84. The normalized spacial score (nSPS) is 22.4. The third-order valence-corrected chi connectivity index (χ3v) is 5.12. The van der Waals surface area contributed by atoms with Gasteiger partial charge in [-0.15, -0.1) is 0 Å². The van der Waals surface area contributed by atoms with Crippen LogP contribution in [0.5, 0.6) is 5.75 Å². The molecule has 0 unspecified atom stereocenters. The quantitative estimate of drug-likeness (QED) is 0.854. The van der Waals surface area contributed by atoms with E-state index >= 15 is 0 Å². The molecule has 2 fully saturated rings. The Bertz CT molecular complexity index is 476. The summed E-state index contributed by atoms with van der Waals surface area (Å²) >= 11 is 0. The molecule has 3 rings (SSSR count). The van der Waals surface area contributed by atoms with Crippen molar-refractivity contribution in [1.29, 1.82) is 0 Å². The Hall–Kier alpha value is -1.13. The second-order valence-corrected chi connectivity index (χ2v) is 6.32. The molecule has 1 aromatic carbocycles. The monoisotopic (exact) mass is 293 g/mol. The van der Waals surface area contributed by atoms with E-state index < -0.39 is 0 Å². The molecule has 2 heterocycles. The van der Waals surface area contributed by atoms with Gasteiger partial charge in [-0.25, -0.2) is 4.39 Å². The van der Waals surface area contributed by atoms with Gasteiger partial charge in [0.25, 0.3) is 0 Å². The summed E-state index contributed by atoms with van der Waals surface area (Å²) in [4.78, 5) is 2.41. The molecule has 0 aromatic heterocycles. The minimum Gasteiger partial charge on any atom is -0.493 e. The topological polar surface area (TPSA) is 21.7 Å². The van der Waals surface area contributed by atoms with E-state index in [1.165, 1.54) is 38.9 Å². The van der Waals surface area contributed by atoms with E-state index in [0.29, 0.717) is 11.2 Å². The van der Waals surface area contributed by atoms with Gasteiger partial charge < -0.3 is 9.47 Å². The zero-order valence-corrected chi connectivity index (χ0v) is 12.7. The van der Waals surface area contributed by atoms with E-state index in [9.17, 15) is 4.39 Å². The van der Waals surface area contributed by atoms with Crippen LogP contribution in [0.2, 0.25) is 0 Å². The van der Waals surface area contributed by atoms with Gasteiger partial charge in [-0.2, -0.15) is 0 Å². The van der Waals surface area contributed by atoms with Crippen LogP contribution in [-0.4, -0.2) is 38.3 Å². The molecule has 0 N–H and O–H groups in total. The van der Waals surface area contributed by atoms with Gasteiger partial charge in [0.1, 0.15) is 0 Å². The van der Waals surface area contributed by atoms with E-state index in [4.69, 9.17) is 9.47 Å². The SMILES string of the molecule is COc1c(F)cccc1CN1CCC2(CCOCC2)CC1. The fraction of sp³-hybridized carbons (Fsp3) is 0.647. The van der Waals surface area contributed by atoms with Gasteiger partial charge in [-0.05, 0) is 50.3 Å². The van der Waals surface area contributed by atoms with Gasteiger partial charge in [-0.3, -0.25) is 4.90 Å². The fourth-order valence-electron chi connectivity index (χ4n) is 3.64. The Morgan fingerprint density at radius 2 is 1.90 bits per heavy atom. The minimum atomic E-state index is -0.270. The molecule has 1 aromatic rings. The summed E-state index contributed by atoms with van der Waals surface area (Å²) in [6.45, 7) is 4.77. The number of halogens is 1. The third kappa shape index (κ3) is 3.22. The maximum absolute atomic E-state index is 13.7. The molecule has 4 heteroatoms. The number of methoxy groups -OCH3 is 1. The highest BCUT2D eigenvalue weighted by Crippen LogP contribution is 2.41. The standard InChI is InChI=1S/C17H24FNO2/c1-20-16-14(3-2-4-15(16)18)13-19-9-5-17(6-10-19)7-11-21-12-8-17/h2-4H,5-13H2,1H3. The van der Waals surface area contributed by atoms with Gasteiger partial charge in [0.15, 0.2) is 11.6 Å².